The normalized spacial score (nSPS) is 9.89. The summed E-state index contributed by atoms with van der Waals surface area (Å²) in [5, 5.41) is 20.2. The van der Waals surface area contributed by atoms with Gasteiger partial charge in [0.05, 0.1) is 12.2 Å². The summed E-state index contributed by atoms with van der Waals surface area (Å²) in [6, 6.07) is 5.63. The van der Waals surface area contributed by atoms with Crippen LogP contribution in [0.5, 0.6) is 0 Å². The first-order chi connectivity index (χ1) is 8.58. The van der Waals surface area contributed by atoms with Gasteiger partial charge in [0.1, 0.15) is 0 Å². The molecule has 0 heterocycles. The molecule has 0 aliphatic rings. The van der Waals surface area contributed by atoms with Crippen molar-refractivity contribution in [3.63, 3.8) is 0 Å². The van der Waals surface area contributed by atoms with E-state index in [1.54, 1.807) is 19.1 Å². The molecule has 0 saturated heterocycles. The minimum Gasteiger partial charge on any atom is -0.478 e. The summed E-state index contributed by atoms with van der Waals surface area (Å²) >= 11 is 0. The van der Waals surface area contributed by atoms with Gasteiger partial charge in [0, 0.05) is 18.8 Å². The molecular formula is C12H16N2O4. The lowest BCUT2D eigenvalue weighted by Gasteiger charge is -2.20. The van der Waals surface area contributed by atoms with E-state index in [0.717, 1.165) is 0 Å². The molecule has 6 nitrogen and oxygen atoms in total. The first-order valence-electron chi connectivity index (χ1n) is 5.58. The Labute approximate surface area is 105 Å². The number of aromatic carboxylic acids is 1. The Morgan fingerprint density at radius 1 is 1.39 bits per heavy atom. The maximum absolute atomic E-state index is 11.8. The third kappa shape index (κ3) is 3.74. The van der Waals surface area contributed by atoms with E-state index in [0.29, 0.717) is 12.2 Å². The molecule has 2 amide bonds. The maximum atomic E-state index is 11.8. The van der Waals surface area contributed by atoms with Gasteiger partial charge in [0.2, 0.25) is 0 Å². The van der Waals surface area contributed by atoms with Gasteiger partial charge >= 0.3 is 12.0 Å². The second-order valence-electron chi connectivity index (χ2n) is 3.62. The number of benzene rings is 1. The molecule has 3 N–H and O–H groups in total. The Balaban J connectivity index is 2.74. The quantitative estimate of drug-likeness (QED) is 0.735. The van der Waals surface area contributed by atoms with Crippen molar-refractivity contribution in [3.05, 3.63) is 29.8 Å². The predicted molar refractivity (Wildman–Crippen MR) is 66.8 cm³/mol. The molecule has 18 heavy (non-hydrogen) atoms. The molecule has 1 aromatic rings. The number of aliphatic hydroxyl groups is 1. The SMILES string of the molecule is CCN(CCO)C(=O)Nc1cccc(C(=O)O)c1. The fourth-order valence-electron chi connectivity index (χ4n) is 1.46. The number of nitrogens with one attached hydrogen (secondary N) is 1. The van der Waals surface area contributed by atoms with E-state index in [-0.39, 0.29) is 24.7 Å². The highest BCUT2D eigenvalue weighted by atomic mass is 16.4. The van der Waals surface area contributed by atoms with Crippen molar-refractivity contribution >= 4 is 17.7 Å². The van der Waals surface area contributed by atoms with Crippen molar-refractivity contribution in [3.8, 4) is 0 Å². The van der Waals surface area contributed by atoms with Crippen LogP contribution in [0.2, 0.25) is 0 Å². The molecule has 98 valence electrons. The van der Waals surface area contributed by atoms with Crippen LogP contribution in [0.15, 0.2) is 24.3 Å². The highest BCUT2D eigenvalue weighted by Crippen LogP contribution is 2.11. The maximum Gasteiger partial charge on any atom is 0.335 e. The molecule has 0 spiro atoms. The van der Waals surface area contributed by atoms with Crippen LogP contribution in [0.1, 0.15) is 17.3 Å². The van der Waals surface area contributed by atoms with Gasteiger partial charge in [-0.25, -0.2) is 9.59 Å². The topological polar surface area (TPSA) is 89.9 Å². The second-order valence-corrected chi connectivity index (χ2v) is 3.62. The van der Waals surface area contributed by atoms with Gasteiger partial charge in [-0.1, -0.05) is 6.07 Å². The van der Waals surface area contributed by atoms with Crippen molar-refractivity contribution in [1.29, 1.82) is 0 Å². The fraction of sp³-hybridized carbons (Fsp3) is 0.333. The van der Waals surface area contributed by atoms with Gasteiger partial charge in [-0.3, -0.25) is 0 Å². The van der Waals surface area contributed by atoms with E-state index in [1.807, 2.05) is 0 Å². The van der Waals surface area contributed by atoms with Crippen LogP contribution in [0.3, 0.4) is 0 Å². The lowest BCUT2D eigenvalue weighted by atomic mass is 10.2. The molecule has 0 aromatic heterocycles. The van der Waals surface area contributed by atoms with E-state index >= 15 is 0 Å². The number of rotatable bonds is 5. The van der Waals surface area contributed by atoms with Gasteiger partial charge in [0.25, 0.3) is 0 Å². The summed E-state index contributed by atoms with van der Waals surface area (Å²) in [6.45, 7) is 2.38. The lowest BCUT2D eigenvalue weighted by Crippen LogP contribution is -2.36. The number of carboxylic acid groups (broad SMARTS) is 1. The van der Waals surface area contributed by atoms with Crippen molar-refractivity contribution in [2.45, 2.75) is 6.92 Å². The van der Waals surface area contributed by atoms with Crippen molar-refractivity contribution in [2.75, 3.05) is 25.0 Å². The fourth-order valence-corrected chi connectivity index (χ4v) is 1.46. The molecule has 0 radical (unpaired) electrons. The van der Waals surface area contributed by atoms with Crippen LogP contribution >= 0.6 is 0 Å². The number of carboxylic acids is 1. The summed E-state index contributed by atoms with van der Waals surface area (Å²) < 4.78 is 0. The summed E-state index contributed by atoms with van der Waals surface area (Å²) in [6.07, 6.45) is 0. The van der Waals surface area contributed by atoms with Crippen LogP contribution < -0.4 is 5.32 Å². The Bertz CT molecular complexity index is 434. The largest absolute Gasteiger partial charge is 0.478 e. The molecule has 1 aromatic carbocycles. The number of aliphatic hydroxyl groups excluding tert-OH is 1. The summed E-state index contributed by atoms with van der Waals surface area (Å²) in [5.41, 5.74) is 0.522. The average Bonchev–Trinajstić information content (AvgIpc) is 2.36. The number of anilines is 1. The standard InChI is InChI=1S/C12H16N2O4/c1-2-14(6-7-15)12(18)13-10-5-3-4-9(8-10)11(16)17/h3-5,8,15H,2,6-7H2,1H3,(H,13,18)(H,16,17). The molecule has 6 heteroatoms. The zero-order chi connectivity index (χ0) is 13.5. The zero-order valence-electron chi connectivity index (χ0n) is 10.1. The minimum absolute atomic E-state index is 0.109. The number of carbonyl (C=O) groups excluding carboxylic acids is 1. The number of nitrogens with zero attached hydrogens (tertiary/aromatic N) is 1. The molecule has 0 aliphatic carbocycles. The molecule has 0 aliphatic heterocycles. The number of urea groups is 1. The number of hydrogen-bond donors (Lipinski definition) is 3. The van der Waals surface area contributed by atoms with E-state index in [9.17, 15) is 9.59 Å². The van der Waals surface area contributed by atoms with Gasteiger partial charge < -0.3 is 20.4 Å². The monoisotopic (exact) mass is 252 g/mol. The van der Waals surface area contributed by atoms with Crippen LogP contribution in [-0.4, -0.2) is 46.8 Å². The molecular weight excluding hydrogens is 236 g/mol. The van der Waals surface area contributed by atoms with Gasteiger partial charge in [-0.05, 0) is 25.1 Å². The summed E-state index contributed by atoms with van der Waals surface area (Å²) in [7, 11) is 0. The van der Waals surface area contributed by atoms with E-state index in [1.165, 1.54) is 17.0 Å². The zero-order valence-corrected chi connectivity index (χ0v) is 10.1. The number of likely N-dealkylation sites (N-methyl/N-ethyl adjacent to an activating group) is 1. The Morgan fingerprint density at radius 3 is 2.67 bits per heavy atom. The van der Waals surface area contributed by atoms with Gasteiger partial charge in [-0.2, -0.15) is 0 Å². The summed E-state index contributed by atoms with van der Waals surface area (Å²) in [5.74, 6) is -1.05. The summed E-state index contributed by atoms with van der Waals surface area (Å²) in [4.78, 5) is 24.0. The molecule has 0 bridgehead atoms. The molecule has 0 saturated carbocycles. The minimum atomic E-state index is -1.05. The molecule has 0 atom stereocenters. The number of hydrogen-bond acceptors (Lipinski definition) is 3. The smallest absolute Gasteiger partial charge is 0.335 e. The lowest BCUT2D eigenvalue weighted by molar-refractivity contribution is 0.0697. The van der Waals surface area contributed by atoms with E-state index in [2.05, 4.69) is 5.32 Å². The van der Waals surface area contributed by atoms with E-state index < -0.39 is 5.97 Å². The van der Waals surface area contributed by atoms with Gasteiger partial charge in [-0.15, -0.1) is 0 Å². The van der Waals surface area contributed by atoms with Gasteiger partial charge in [0.15, 0.2) is 0 Å². The average molecular weight is 252 g/mol. The first kappa shape index (κ1) is 14.0. The van der Waals surface area contributed by atoms with Crippen LogP contribution in [-0.2, 0) is 0 Å². The third-order valence-corrected chi connectivity index (χ3v) is 2.40. The Hall–Kier alpha value is -2.08. The molecule has 0 fully saturated rings. The second kappa shape index (κ2) is 6.61. The van der Waals surface area contributed by atoms with Crippen molar-refractivity contribution in [1.82, 2.24) is 4.90 Å². The highest BCUT2D eigenvalue weighted by molar-refractivity contribution is 5.93. The Kier molecular flexibility index (Phi) is 5.13. The van der Waals surface area contributed by atoms with Crippen LogP contribution in [0.25, 0.3) is 0 Å². The third-order valence-electron chi connectivity index (χ3n) is 2.40. The molecule has 1 rings (SSSR count). The predicted octanol–water partition coefficient (Wildman–Crippen LogP) is 1.23. The Morgan fingerprint density at radius 2 is 2.11 bits per heavy atom. The van der Waals surface area contributed by atoms with Crippen LogP contribution in [0.4, 0.5) is 10.5 Å². The molecule has 0 unspecified atom stereocenters. The number of carbonyl (C=O) groups is 2. The van der Waals surface area contributed by atoms with E-state index in [4.69, 9.17) is 10.2 Å². The highest BCUT2D eigenvalue weighted by Gasteiger charge is 2.11. The van der Waals surface area contributed by atoms with Crippen molar-refractivity contribution < 1.29 is 19.8 Å². The number of amides is 2. The van der Waals surface area contributed by atoms with Crippen LogP contribution in [0, 0.1) is 0 Å². The first-order valence-corrected chi connectivity index (χ1v) is 5.58. The van der Waals surface area contributed by atoms with Crippen molar-refractivity contribution in [2.24, 2.45) is 0 Å².